The van der Waals surface area contributed by atoms with Gasteiger partial charge in [0.2, 0.25) is 0 Å². The minimum atomic E-state index is -0.346. The van der Waals surface area contributed by atoms with Crippen molar-refractivity contribution < 1.29 is 4.92 Å². The van der Waals surface area contributed by atoms with E-state index in [0.717, 1.165) is 11.3 Å². The van der Waals surface area contributed by atoms with E-state index >= 15 is 0 Å². The largest absolute Gasteiger partial charge is 0.336 e. The van der Waals surface area contributed by atoms with Crippen molar-refractivity contribution in [1.82, 2.24) is 0 Å². The molecule has 2 aromatic rings. The van der Waals surface area contributed by atoms with Crippen LogP contribution in [0.25, 0.3) is 0 Å². The predicted octanol–water partition coefficient (Wildman–Crippen LogP) is 4.82. The van der Waals surface area contributed by atoms with E-state index in [1.165, 1.54) is 6.07 Å². The summed E-state index contributed by atoms with van der Waals surface area (Å²) in [4.78, 5) is 12.9. The van der Waals surface area contributed by atoms with Gasteiger partial charge in [0.15, 0.2) is 0 Å². The van der Waals surface area contributed by atoms with Crippen molar-refractivity contribution in [3.05, 3.63) is 62.6 Å². The van der Waals surface area contributed by atoms with Crippen LogP contribution in [-0.4, -0.2) is 11.5 Å². The summed E-state index contributed by atoms with van der Waals surface area (Å²) in [6.07, 6.45) is 0. The molecule has 0 unspecified atom stereocenters. The van der Waals surface area contributed by atoms with E-state index in [-0.39, 0.29) is 10.6 Å². The number of nitro benzene ring substituents is 1. The molecule has 0 spiro atoms. The SMILES string of the molecule is CCN(c1ccccc1C)c1ccc(Br)cc1[N+](=O)[O-]. The Morgan fingerprint density at radius 2 is 1.90 bits per heavy atom. The van der Waals surface area contributed by atoms with Gasteiger partial charge in [-0.2, -0.15) is 0 Å². The summed E-state index contributed by atoms with van der Waals surface area (Å²) < 4.78 is 0.703. The first kappa shape index (κ1) is 14.5. The van der Waals surface area contributed by atoms with E-state index in [1.54, 1.807) is 6.07 Å². The zero-order valence-electron chi connectivity index (χ0n) is 11.3. The van der Waals surface area contributed by atoms with E-state index in [1.807, 2.05) is 49.1 Å². The highest BCUT2D eigenvalue weighted by atomic mass is 79.9. The number of benzene rings is 2. The Hall–Kier alpha value is -1.88. The fourth-order valence-corrected chi connectivity index (χ4v) is 2.56. The van der Waals surface area contributed by atoms with Crippen molar-refractivity contribution in [3.63, 3.8) is 0 Å². The summed E-state index contributed by atoms with van der Waals surface area (Å²) in [5, 5.41) is 11.3. The molecule has 0 aliphatic rings. The van der Waals surface area contributed by atoms with E-state index < -0.39 is 0 Å². The maximum Gasteiger partial charge on any atom is 0.294 e. The van der Waals surface area contributed by atoms with Crippen LogP contribution >= 0.6 is 15.9 Å². The molecule has 4 nitrogen and oxygen atoms in total. The summed E-state index contributed by atoms with van der Waals surface area (Å²) in [5.74, 6) is 0. The van der Waals surface area contributed by atoms with Gasteiger partial charge in [0.25, 0.3) is 5.69 Å². The van der Waals surface area contributed by atoms with Crippen LogP contribution in [0.1, 0.15) is 12.5 Å². The average molecular weight is 335 g/mol. The van der Waals surface area contributed by atoms with Gasteiger partial charge in [-0.1, -0.05) is 34.1 Å². The molecule has 2 aromatic carbocycles. The molecule has 0 saturated heterocycles. The van der Waals surface area contributed by atoms with Crippen molar-refractivity contribution in [2.24, 2.45) is 0 Å². The van der Waals surface area contributed by atoms with Crippen LogP contribution in [-0.2, 0) is 0 Å². The molecular formula is C15H15BrN2O2. The van der Waals surface area contributed by atoms with Gasteiger partial charge in [-0.3, -0.25) is 10.1 Å². The Labute approximate surface area is 126 Å². The van der Waals surface area contributed by atoms with Crippen molar-refractivity contribution in [2.75, 3.05) is 11.4 Å². The van der Waals surface area contributed by atoms with Crippen LogP contribution in [0, 0.1) is 17.0 Å². The third-order valence-electron chi connectivity index (χ3n) is 3.15. The average Bonchev–Trinajstić information content (AvgIpc) is 2.42. The zero-order chi connectivity index (χ0) is 14.7. The number of rotatable bonds is 4. The summed E-state index contributed by atoms with van der Waals surface area (Å²) in [7, 11) is 0. The monoisotopic (exact) mass is 334 g/mol. The van der Waals surface area contributed by atoms with Gasteiger partial charge in [0.1, 0.15) is 5.69 Å². The van der Waals surface area contributed by atoms with Crippen LogP contribution in [0.2, 0.25) is 0 Å². The maximum absolute atomic E-state index is 11.3. The molecule has 0 saturated carbocycles. The van der Waals surface area contributed by atoms with Crippen LogP contribution in [0.5, 0.6) is 0 Å². The first-order valence-electron chi connectivity index (χ1n) is 6.31. The number of hydrogen-bond acceptors (Lipinski definition) is 3. The minimum absolute atomic E-state index is 0.101. The van der Waals surface area contributed by atoms with E-state index in [9.17, 15) is 10.1 Å². The van der Waals surface area contributed by atoms with E-state index in [0.29, 0.717) is 16.7 Å². The fourth-order valence-electron chi connectivity index (χ4n) is 2.21. The van der Waals surface area contributed by atoms with Crippen molar-refractivity contribution in [2.45, 2.75) is 13.8 Å². The van der Waals surface area contributed by atoms with Crippen molar-refractivity contribution in [3.8, 4) is 0 Å². The zero-order valence-corrected chi connectivity index (χ0v) is 12.9. The lowest BCUT2D eigenvalue weighted by Crippen LogP contribution is -2.18. The number of nitrogens with zero attached hydrogens (tertiary/aromatic N) is 2. The molecule has 0 bridgehead atoms. The van der Waals surface area contributed by atoms with Gasteiger partial charge in [0.05, 0.1) is 4.92 Å². The Morgan fingerprint density at radius 3 is 2.50 bits per heavy atom. The second kappa shape index (κ2) is 6.05. The molecule has 0 aromatic heterocycles. The Bertz CT molecular complexity index is 644. The van der Waals surface area contributed by atoms with Gasteiger partial charge in [-0.05, 0) is 37.6 Å². The normalized spacial score (nSPS) is 10.3. The lowest BCUT2D eigenvalue weighted by Gasteiger charge is -2.24. The van der Waals surface area contributed by atoms with E-state index in [4.69, 9.17) is 0 Å². The van der Waals surface area contributed by atoms with E-state index in [2.05, 4.69) is 15.9 Å². The molecular weight excluding hydrogens is 320 g/mol. The molecule has 0 aliphatic carbocycles. The summed E-state index contributed by atoms with van der Waals surface area (Å²) >= 11 is 3.28. The number of aryl methyl sites for hydroxylation is 1. The molecule has 104 valence electrons. The highest BCUT2D eigenvalue weighted by Crippen LogP contribution is 2.36. The number of anilines is 2. The highest BCUT2D eigenvalue weighted by molar-refractivity contribution is 9.10. The minimum Gasteiger partial charge on any atom is -0.336 e. The first-order valence-corrected chi connectivity index (χ1v) is 7.11. The number of nitro groups is 1. The number of para-hydroxylation sites is 1. The molecule has 0 N–H and O–H groups in total. The smallest absolute Gasteiger partial charge is 0.294 e. The second-order valence-electron chi connectivity index (χ2n) is 4.42. The Kier molecular flexibility index (Phi) is 4.39. The Morgan fingerprint density at radius 1 is 1.20 bits per heavy atom. The van der Waals surface area contributed by atoms with Crippen LogP contribution < -0.4 is 4.90 Å². The maximum atomic E-state index is 11.3. The predicted molar refractivity (Wildman–Crippen MR) is 84.7 cm³/mol. The third kappa shape index (κ3) is 2.82. The molecule has 20 heavy (non-hydrogen) atoms. The fraction of sp³-hybridized carbons (Fsp3) is 0.200. The lowest BCUT2D eigenvalue weighted by atomic mass is 10.1. The van der Waals surface area contributed by atoms with Crippen LogP contribution in [0.4, 0.5) is 17.1 Å². The molecule has 0 atom stereocenters. The summed E-state index contributed by atoms with van der Waals surface area (Å²) in [6.45, 7) is 4.65. The summed E-state index contributed by atoms with van der Waals surface area (Å²) in [6, 6.07) is 13.0. The number of halogens is 1. The third-order valence-corrected chi connectivity index (χ3v) is 3.64. The second-order valence-corrected chi connectivity index (χ2v) is 5.34. The molecule has 0 amide bonds. The highest BCUT2D eigenvalue weighted by Gasteiger charge is 2.20. The first-order chi connectivity index (χ1) is 9.54. The van der Waals surface area contributed by atoms with Gasteiger partial charge in [-0.15, -0.1) is 0 Å². The van der Waals surface area contributed by atoms with Gasteiger partial charge in [0, 0.05) is 22.8 Å². The van der Waals surface area contributed by atoms with Crippen molar-refractivity contribution >= 4 is 33.0 Å². The topological polar surface area (TPSA) is 46.4 Å². The molecule has 2 rings (SSSR count). The van der Waals surface area contributed by atoms with Crippen LogP contribution in [0.3, 0.4) is 0 Å². The van der Waals surface area contributed by atoms with Gasteiger partial charge < -0.3 is 4.90 Å². The summed E-state index contributed by atoms with van der Waals surface area (Å²) in [5.41, 5.74) is 2.78. The number of hydrogen-bond donors (Lipinski definition) is 0. The molecule has 0 heterocycles. The molecule has 5 heteroatoms. The molecule has 0 radical (unpaired) electrons. The lowest BCUT2D eigenvalue weighted by molar-refractivity contribution is -0.384. The van der Waals surface area contributed by atoms with Crippen LogP contribution in [0.15, 0.2) is 46.9 Å². The standard InChI is InChI=1S/C15H15BrN2O2/c1-3-17(13-7-5-4-6-11(13)2)14-9-8-12(16)10-15(14)18(19)20/h4-10H,3H2,1-2H3. The van der Waals surface area contributed by atoms with Crippen molar-refractivity contribution in [1.29, 1.82) is 0 Å². The Balaban J connectivity index is 2.58. The quantitative estimate of drug-likeness (QED) is 0.594. The van der Waals surface area contributed by atoms with Gasteiger partial charge in [-0.25, -0.2) is 0 Å². The molecule has 0 aliphatic heterocycles. The molecule has 0 fully saturated rings. The van der Waals surface area contributed by atoms with Gasteiger partial charge >= 0.3 is 0 Å².